The number of hydrogen-bond donors (Lipinski definition) is 2. The van der Waals surface area contributed by atoms with E-state index in [0.29, 0.717) is 11.2 Å². The Balaban J connectivity index is 1.44. The molecule has 0 spiro atoms. The Kier molecular flexibility index (Phi) is 5.22. The SMILES string of the molecule is N#C/C(=C(/O)COC(=O)/C=C/c1ccc2ccccc2n1)c1nc2ccccc2[nH]1. The van der Waals surface area contributed by atoms with E-state index in [1.54, 1.807) is 12.1 Å². The van der Waals surface area contributed by atoms with Crippen LogP contribution in [0.5, 0.6) is 0 Å². The van der Waals surface area contributed by atoms with Gasteiger partial charge in [0.15, 0.2) is 11.6 Å². The van der Waals surface area contributed by atoms with Crippen LogP contribution < -0.4 is 0 Å². The van der Waals surface area contributed by atoms with E-state index < -0.39 is 12.6 Å². The summed E-state index contributed by atoms with van der Waals surface area (Å²) in [5, 5.41) is 20.6. The van der Waals surface area contributed by atoms with Gasteiger partial charge in [-0.15, -0.1) is 0 Å². The molecule has 30 heavy (non-hydrogen) atoms. The number of fused-ring (bicyclic) bond motifs is 2. The topological polar surface area (TPSA) is 112 Å². The van der Waals surface area contributed by atoms with Gasteiger partial charge in [-0.3, -0.25) is 0 Å². The first kappa shape index (κ1) is 18.9. The molecule has 4 rings (SSSR count). The molecule has 2 aromatic carbocycles. The van der Waals surface area contributed by atoms with Crippen LogP contribution in [0.2, 0.25) is 0 Å². The number of rotatable bonds is 5. The molecule has 0 bridgehead atoms. The molecule has 0 saturated carbocycles. The zero-order valence-electron chi connectivity index (χ0n) is 15.7. The van der Waals surface area contributed by atoms with Crippen molar-refractivity contribution in [2.45, 2.75) is 0 Å². The lowest BCUT2D eigenvalue weighted by molar-refractivity contribution is -0.137. The summed E-state index contributed by atoms with van der Waals surface area (Å²) >= 11 is 0. The minimum absolute atomic E-state index is 0.0841. The molecule has 0 atom stereocenters. The molecule has 2 N–H and O–H groups in total. The Hall–Kier alpha value is -4.44. The number of aliphatic hydroxyl groups is 1. The fourth-order valence-electron chi connectivity index (χ4n) is 2.91. The van der Waals surface area contributed by atoms with Crippen molar-refractivity contribution in [3.8, 4) is 6.07 Å². The summed E-state index contributed by atoms with van der Waals surface area (Å²) in [6.45, 7) is -0.450. The van der Waals surface area contributed by atoms with Gasteiger partial charge >= 0.3 is 5.97 Å². The van der Waals surface area contributed by atoms with Gasteiger partial charge in [-0.2, -0.15) is 5.26 Å². The first-order chi connectivity index (χ1) is 14.6. The van der Waals surface area contributed by atoms with Gasteiger partial charge in [0.1, 0.15) is 18.2 Å². The van der Waals surface area contributed by atoms with Crippen molar-refractivity contribution in [3.05, 3.63) is 84.0 Å². The van der Waals surface area contributed by atoms with Crippen LogP contribution in [0.25, 0.3) is 33.6 Å². The van der Waals surface area contributed by atoms with Gasteiger partial charge in [0.25, 0.3) is 0 Å². The maximum absolute atomic E-state index is 12.0. The quantitative estimate of drug-likeness (QED) is 0.227. The predicted molar refractivity (Wildman–Crippen MR) is 113 cm³/mol. The lowest BCUT2D eigenvalue weighted by Gasteiger charge is -2.03. The van der Waals surface area contributed by atoms with Gasteiger partial charge in [0.2, 0.25) is 0 Å². The van der Waals surface area contributed by atoms with E-state index in [1.165, 1.54) is 12.2 Å². The summed E-state index contributed by atoms with van der Waals surface area (Å²) < 4.78 is 5.04. The number of carbonyl (C=O) groups is 1. The van der Waals surface area contributed by atoms with Crippen LogP contribution in [0, 0.1) is 11.3 Å². The Bertz CT molecular complexity index is 1310. The normalized spacial score (nSPS) is 12.1. The molecule has 2 heterocycles. The number of benzene rings is 2. The van der Waals surface area contributed by atoms with E-state index >= 15 is 0 Å². The molecule has 0 aliphatic heterocycles. The largest absolute Gasteiger partial charge is 0.507 e. The molecule has 0 aliphatic rings. The van der Waals surface area contributed by atoms with Crippen LogP contribution in [-0.2, 0) is 9.53 Å². The van der Waals surface area contributed by atoms with Crippen molar-refractivity contribution >= 4 is 39.6 Å². The van der Waals surface area contributed by atoms with E-state index in [2.05, 4.69) is 15.0 Å². The van der Waals surface area contributed by atoms with Gasteiger partial charge in [0.05, 0.1) is 22.2 Å². The van der Waals surface area contributed by atoms with Gasteiger partial charge in [-0.05, 0) is 30.3 Å². The van der Waals surface area contributed by atoms with E-state index in [4.69, 9.17) is 4.74 Å². The number of para-hydroxylation sites is 3. The molecule has 0 radical (unpaired) electrons. The molecule has 7 nitrogen and oxygen atoms in total. The summed E-state index contributed by atoms with van der Waals surface area (Å²) in [6.07, 6.45) is 2.75. The number of nitrogens with zero attached hydrogens (tertiary/aromatic N) is 3. The fraction of sp³-hybridized carbons (Fsp3) is 0.0435. The fourth-order valence-corrected chi connectivity index (χ4v) is 2.91. The third kappa shape index (κ3) is 4.03. The molecule has 4 aromatic rings. The number of hydrogen-bond acceptors (Lipinski definition) is 6. The number of nitriles is 1. The van der Waals surface area contributed by atoms with Crippen LogP contribution in [0.3, 0.4) is 0 Å². The van der Waals surface area contributed by atoms with Crippen molar-refractivity contribution in [2.24, 2.45) is 0 Å². The Morgan fingerprint density at radius 2 is 1.83 bits per heavy atom. The van der Waals surface area contributed by atoms with Crippen molar-refractivity contribution < 1.29 is 14.6 Å². The summed E-state index contributed by atoms with van der Waals surface area (Å²) in [7, 11) is 0. The van der Waals surface area contributed by atoms with Gasteiger partial charge in [-0.1, -0.05) is 36.4 Å². The molecule has 0 saturated heterocycles. The van der Waals surface area contributed by atoms with Gasteiger partial charge in [0, 0.05) is 11.5 Å². The summed E-state index contributed by atoms with van der Waals surface area (Å²) in [5.41, 5.74) is 2.73. The second-order valence-corrected chi connectivity index (χ2v) is 6.41. The van der Waals surface area contributed by atoms with E-state index in [1.807, 2.05) is 54.6 Å². The number of nitrogens with one attached hydrogen (secondary N) is 1. The highest BCUT2D eigenvalue weighted by Gasteiger charge is 2.14. The molecular formula is C23H16N4O3. The van der Waals surface area contributed by atoms with E-state index in [0.717, 1.165) is 16.4 Å². The zero-order valence-corrected chi connectivity index (χ0v) is 15.7. The first-order valence-electron chi connectivity index (χ1n) is 9.12. The number of carbonyl (C=O) groups excluding carboxylic acids is 1. The number of allylic oxidation sites excluding steroid dienone is 1. The third-order valence-electron chi connectivity index (χ3n) is 4.39. The maximum atomic E-state index is 12.0. The Morgan fingerprint density at radius 1 is 1.07 bits per heavy atom. The predicted octanol–water partition coefficient (Wildman–Crippen LogP) is 4.16. The number of esters is 1. The standard InChI is InChI=1S/C23H16N4O3/c24-13-17(23-26-19-7-3-4-8-20(19)27-23)21(28)14-30-22(29)12-11-16-10-9-15-5-1-2-6-18(15)25-16/h1-12,28H,14H2,(H,26,27)/b12-11+,21-17-. The number of imidazole rings is 1. The van der Waals surface area contributed by atoms with Crippen molar-refractivity contribution in [1.82, 2.24) is 15.0 Å². The second kappa shape index (κ2) is 8.29. The van der Waals surface area contributed by atoms with Gasteiger partial charge in [-0.25, -0.2) is 14.8 Å². The summed E-state index contributed by atoms with van der Waals surface area (Å²) in [4.78, 5) is 23.7. The molecule has 2 aromatic heterocycles. The molecule has 146 valence electrons. The smallest absolute Gasteiger partial charge is 0.331 e. The highest BCUT2D eigenvalue weighted by molar-refractivity contribution is 5.88. The summed E-state index contributed by atoms with van der Waals surface area (Å²) in [6, 6.07) is 20.5. The minimum Gasteiger partial charge on any atom is -0.507 e. The van der Waals surface area contributed by atoms with E-state index in [9.17, 15) is 15.2 Å². The van der Waals surface area contributed by atoms with Crippen LogP contribution in [-0.4, -0.2) is 32.6 Å². The molecule has 0 aliphatic carbocycles. The average Bonchev–Trinajstić information content (AvgIpc) is 3.20. The number of aliphatic hydroxyl groups excluding tert-OH is 1. The Morgan fingerprint density at radius 3 is 2.63 bits per heavy atom. The Labute approximate surface area is 171 Å². The van der Waals surface area contributed by atoms with Crippen molar-refractivity contribution in [1.29, 1.82) is 5.26 Å². The van der Waals surface area contributed by atoms with E-state index in [-0.39, 0.29) is 17.2 Å². The molecule has 0 unspecified atom stereocenters. The second-order valence-electron chi connectivity index (χ2n) is 6.41. The number of aromatic amines is 1. The van der Waals surface area contributed by atoms with Crippen LogP contribution >= 0.6 is 0 Å². The van der Waals surface area contributed by atoms with Crippen LogP contribution in [0.1, 0.15) is 11.5 Å². The number of aromatic nitrogens is 3. The minimum atomic E-state index is -0.668. The number of H-pyrrole nitrogens is 1. The monoisotopic (exact) mass is 396 g/mol. The zero-order chi connectivity index (χ0) is 20.9. The van der Waals surface area contributed by atoms with Gasteiger partial charge < -0.3 is 14.8 Å². The molecular weight excluding hydrogens is 380 g/mol. The van der Waals surface area contributed by atoms with Crippen LogP contribution in [0.15, 0.2) is 72.5 Å². The van der Waals surface area contributed by atoms with Crippen LogP contribution in [0.4, 0.5) is 0 Å². The lowest BCUT2D eigenvalue weighted by Crippen LogP contribution is -2.06. The number of pyridine rings is 1. The maximum Gasteiger partial charge on any atom is 0.331 e. The highest BCUT2D eigenvalue weighted by Crippen LogP contribution is 2.19. The highest BCUT2D eigenvalue weighted by atomic mass is 16.5. The summed E-state index contributed by atoms with van der Waals surface area (Å²) in [5.74, 6) is -0.844. The van der Waals surface area contributed by atoms with Crippen molar-refractivity contribution in [3.63, 3.8) is 0 Å². The average molecular weight is 396 g/mol. The van der Waals surface area contributed by atoms with Crippen molar-refractivity contribution in [2.75, 3.05) is 6.61 Å². The molecule has 0 amide bonds. The third-order valence-corrected chi connectivity index (χ3v) is 4.39. The number of ether oxygens (including phenoxy) is 1. The lowest BCUT2D eigenvalue weighted by atomic mass is 10.2. The molecule has 7 heteroatoms. The molecule has 0 fully saturated rings. The first-order valence-corrected chi connectivity index (χ1v) is 9.12.